The Kier molecular flexibility index (Phi) is 3.21. The van der Waals surface area contributed by atoms with Crippen molar-refractivity contribution in [3.63, 3.8) is 0 Å². The van der Waals surface area contributed by atoms with Crippen LogP contribution in [0.5, 0.6) is 0 Å². The molecule has 0 saturated carbocycles. The highest BCUT2D eigenvalue weighted by atomic mass is 19.1. The minimum absolute atomic E-state index is 0.0345. The van der Waals surface area contributed by atoms with Gasteiger partial charge < -0.3 is 4.90 Å². The minimum atomic E-state index is -0.822. The first-order valence-electron chi connectivity index (χ1n) is 5.64. The Hall–Kier alpha value is -1.72. The van der Waals surface area contributed by atoms with E-state index in [-0.39, 0.29) is 5.69 Å². The van der Waals surface area contributed by atoms with Gasteiger partial charge in [-0.2, -0.15) is 0 Å². The van der Waals surface area contributed by atoms with E-state index in [1.54, 1.807) is 6.07 Å². The van der Waals surface area contributed by atoms with E-state index in [9.17, 15) is 14.5 Å². The molecule has 1 aromatic heterocycles. The van der Waals surface area contributed by atoms with Crippen LogP contribution in [0.3, 0.4) is 0 Å². The molecule has 1 aliphatic heterocycles. The fraction of sp³-hybridized carbons (Fsp3) is 0.545. The number of anilines is 1. The number of rotatable bonds is 3. The van der Waals surface area contributed by atoms with Crippen LogP contribution in [0.15, 0.2) is 12.3 Å². The van der Waals surface area contributed by atoms with Gasteiger partial charge in [0.15, 0.2) is 0 Å². The molecule has 0 radical (unpaired) electrons. The number of aryl methyl sites for hydroxylation is 1. The summed E-state index contributed by atoms with van der Waals surface area (Å²) in [5.41, 5.74) is 0.676. The summed E-state index contributed by atoms with van der Waals surface area (Å²) in [7, 11) is 0. The van der Waals surface area contributed by atoms with Crippen molar-refractivity contribution in [1.29, 1.82) is 0 Å². The van der Waals surface area contributed by atoms with Gasteiger partial charge in [0.25, 0.3) is 5.69 Å². The van der Waals surface area contributed by atoms with Gasteiger partial charge in [0.2, 0.25) is 0 Å². The Morgan fingerprint density at radius 3 is 3.00 bits per heavy atom. The molecule has 1 saturated heterocycles. The minimum Gasteiger partial charge on any atom is -0.354 e. The van der Waals surface area contributed by atoms with Crippen LogP contribution in [-0.4, -0.2) is 29.2 Å². The topological polar surface area (TPSA) is 59.3 Å². The summed E-state index contributed by atoms with van der Waals surface area (Å²) in [4.78, 5) is 16.2. The molecular formula is C11H14FN3O2. The van der Waals surface area contributed by atoms with Gasteiger partial charge in [-0.25, -0.2) is 9.37 Å². The SMILES string of the molecule is CCc1cc(N2CC[C@@H](F)C2)ncc1[N+](=O)[O-]. The molecule has 6 heteroatoms. The van der Waals surface area contributed by atoms with E-state index in [1.807, 2.05) is 11.8 Å². The molecule has 0 bridgehead atoms. The van der Waals surface area contributed by atoms with Gasteiger partial charge in [-0.15, -0.1) is 0 Å². The van der Waals surface area contributed by atoms with Gasteiger partial charge >= 0.3 is 0 Å². The molecule has 0 aromatic carbocycles. The number of nitrogens with zero attached hydrogens (tertiary/aromatic N) is 3. The summed E-state index contributed by atoms with van der Waals surface area (Å²) in [6.45, 7) is 2.80. The predicted molar refractivity (Wildman–Crippen MR) is 62.0 cm³/mol. The second-order valence-corrected chi connectivity index (χ2v) is 4.11. The lowest BCUT2D eigenvalue weighted by Gasteiger charge is -2.16. The third-order valence-corrected chi connectivity index (χ3v) is 2.98. The van der Waals surface area contributed by atoms with Crippen LogP contribution in [0, 0.1) is 10.1 Å². The molecule has 2 rings (SSSR count). The van der Waals surface area contributed by atoms with Gasteiger partial charge in [-0.1, -0.05) is 6.92 Å². The quantitative estimate of drug-likeness (QED) is 0.598. The predicted octanol–water partition coefficient (Wildman–Crippen LogP) is 2.10. The molecule has 0 amide bonds. The van der Waals surface area contributed by atoms with E-state index in [2.05, 4.69) is 4.98 Å². The molecule has 17 heavy (non-hydrogen) atoms. The largest absolute Gasteiger partial charge is 0.354 e. The number of aromatic nitrogens is 1. The van der Waals surface area contributed by atoms with Gasteiger partial charge in [0.1, 0.15) is 18.2 Å². The van der Waals surface area contributed by atoms with Gasteiger partial charge in [-0.3, -0.25) is 10.1 Å². The first-order chi connectivity index (χ1) is 8.11. The highest BCUT2D eigenvalue weighted by Gasteiger charge is 2.24. The fourth-order valence-corrected chi connectivity index (χ4v) is 2.02. The summed E-state index contributed by atoms with van der Waals surface area (Å²) in [6.07, 6.45) is 1.51. The Labute approximate surface area is 98.4 Å². The third-order valence-electron chi connectivity index (χ3n) is 2.98. The van der Waals surface area contributed by atoms with Gasteiger partial charge in [-0.05, 0) is 18.9 Å². The maximum atomic E-state index is 13.1. The molecule has 92 valence electrons. The number of hydrogen-bond acceptors (Lipinski definition) is 4. The first kappa shape index (κ1) is 11.8. The van der Waals surface area contributed by atoms with Crippen LogP contribution >= 0.6 is 0 Å². The van der Waals surface area contributed by atoms with Crippen molar-refractivity contribution >= 4 is 11.5 Å². The zero-order valence-electron chi connectivity index (χ0n) is 9.60. The number of pyridine rings is 1. The molecule has 0 unspecified atom stereocenters. The molecule has 0 N–H and O–H groups in total. The van der Waals surface area contributed by atoms with Gasteiger partial charge in [0.05, 0.1) is 11.5 Å². The first-order valence-corrected chi connectivity index (χ1v) is 5.64. The molecule has 0 aliphatic carbocycles. The molecule has 2 heterocycles. The van der Waals surface area contributed by atoms with E-state index in [4.69, 9.17) is 0 Å². The Balaban J connectivity index is 2.28. The Morgan fingerprint density at radius 2 is 2.47 bits per heavy atom. The lowest BCUT2D eigenvalue weighted by atomic mass is 10.2. The Bertz CT molecular complexity index is 439. The normalized spacial score (nSPS) is 19.6. The number of hydrogen-bond donors (Lipinski definition) is 0. The van der Waals surface area contributed by atoms with Crippen molar-refractivity contribution in [2.75, 3.05) is 18.0 Å². The summed E-state index contributed by atoms with van der Waals surface area (Å²) in [5, 5.41) is 10.8. The average molecular weight is 239 g/mol. The maximum absolute atomic E-state index is 13.1. The third kappa shape index (κ3) is 2.35. The molecule has 1 atom stereocenters. The van der Waals surface area contributed by atoms with Gasteiger partial charge in [0, 0.05) is 12.1 Å². The standard InChI is InChI=1S/C11H14FN3O2/c1-2-8-5-11(13-6-10(8)15(16)17)14-4-3-9(12)7-14/h5-6,9H,2-4,7H2,1H3/t9-/m1/s1. The highest BCUT2D eigenvalue weighted by Crippen LogP contribution is 2.25. The van der Waals surface area contributed by atoms with Crippen molar-refractivity contribution in [3.05, 3.63) is 27.9 Å². The maximum Gasteiger partial charge on any atom is 0.290 e. The van der Waals surface area contributed by atoms with Crippen molar-refractivity contribution in [3.8, 4) is 0 Å². The zero-order chi connectivity index (χ0) is 12.4. The van der Waals surface area contributed by atoms with Crippen LogP contribution in [0.4, 0.5) is 15.9 Å². The van der Waals surface area contributed by atoms with Crippen molar-refractivity contribution in [1.82, 2.24) is 4.98 Å². The average Bonchev–Trinajstić information content (AvgIpc) is 2.75. The number of alkyl halides is 1. The van der Waals surface area contributed by atoms with E-state index in [1.165, 1.54) is 6.20 Å². The molecule has 1 aliphatic rings. The Morgan fingerprint density at radius 1 is 1.71 bits per heavy atom. The summed E-state index contributed by atoms with van der Waals surface area (Å²) >= 11 is 0. The highest BCUT2D eigenvalue weighted by molar-refractivity contribution is 5.50. The second-order valence-electron chi connectivity index (χ2n) is 4.11. The monoisotopic (exact) mass is 239 g/mol. The molecule has 1 aromatic rings. The van der Waals surface area contributed by atoms with E-state index < -0.39 is 11.1 Å². The zero-order valence-corrected chi connectivity index (χ0v) is 9.60. The lowest BCUT2D eigenvalue weighted by Crippen LogP contribution is -2.21. The van der Waals surface area contributed by atoms with Crippen molar-refractivity contribution in [2.45, 2.75) is 25.9 Å². The van der Waals surface area contributed by atoms with Crippen molar-refractivity contribution in [2.24, 2.45) is 0 Å². The number of halogens is 1. The van der Waals surface area contributed by atoms with Crippen LogP contribution in [0.2, 0.25) is 0 Å². The van der Waals surface area contributed by atoms with Crippen LogP contribution in [0.1, 0.15) is 18.9 Å². The molecule has 1 fully saturated rings. The summed E-state index contributed by atoms with van der Waals surface area (Å²) in [6, 6.07) is 1.69. The van der Waals surface area contributed by atoms with Crippen LogP contribution < -0.4 is 4.90 Å². The molecule has 5 nitrogen and oxygen atoms in total. The number of nitro groups is 1. The van der Waals surface area contributed by atoms with Crippen LogP contribution in [-0.2, 0) is 6.42 Å². The smallest absolute Gasteiger partial charge is 0.290 e. The lowest BCUT2D eigenvalue weighted by molar-refractivity contribution is -0.385. The summed E-state index contributed by atoms with van der Waals surface area (Å²) in [5.74, 6) is 0.632. The fourth-order valence-electron chi connectivity index (χ4n) is 2.02. The second kappa shape index (κ2) is 4.65. The van der Waals surface area contributed by atoms with E-state index in [0.29, 0.717) is 37.3 Å². The van der Waals surface area contributed by atoms with E-state index in [0.717, 1.165) is 0 Å². The molecular weight excluding hydrogens is 225 g/mol. The van der Waals surface area contributed by atoms with E-state index >= 15 is 0 Å². The summed E-state index contributed by atoms with van der Waals surface area (Å²) < 4.78 is 13.1. The van der Waals surface area contributed by atoms with Crippen molar-refractivity contribution < 1.29 is 9.31 Å². The van der Waals surface area contributed by atoms with Crippen LogP contribution in [0.25, 0.3) is 0 Å². The molecule has 0 spiro atoms.